The molecule has 0 N–H and O–H groups in total. The molecule has 1 atom stereocenters. The Kier molecular flexibility index (Phi) is 4.01. The van der Waals surface area contributed by atoms with Gasteiger partial charge in [0, 0.05) is 31.0 Å². The van der Waals surface area contributed by atoms with Crippen molar-refractivity contribution in [3.05, 3.63) is 71.8 Å². The van der Waals surface area contributed by atoms with Gasteiger partial charge in [-0.05, 0) is 29.8 Å². The summed E-state index contributed by atoms with van der Waals surface area (Å²) >= 11 is 0. The van der Waals surface area contributed by atoms with Crippen molar-refractivity contribution in [2.45, 2.75) is 18.9 Å². The highest BCUT2D eigenvalue weighted by molar-refractivity contribution is 5.79. The van der Waals surface area contributed by atoms with Crippen LogP contribution in [0.2, 0.25) is 0 Å². The first-order valence-electron chi connectivity index (χ1n) is 8.10. The Morgan fingerprint density at radius 1 is 1.12 bits per heavy atom. The first kappa shape index (κ1) is 15.5. The predicted octanol–water partition coefficient (Wildman–Crippen LogP) is 3.39. The number of hydrogen-bond donors (Lipinski definition) is 0. The predicted molar refractivity (Wildman–Crippen MR) is 88.9 cm³/mol. The quantitative estimate of drug-likeness (QED) is 0.732. The van der Waals surface area contributed by atoms with Gasteiger partial charge in [-0.25, -0.2) is 4.39 Å². The normalized spacial score (nSPS) is 17.2. The average molecular weight is 337 g/mol. The second-order valence-electron chi connectivity index (χ2n) is 6.13. The van der Waals surface area contributed by atoms with E-state index < -0.39 is 0 Å². The maximum atomic E-state index is 13.0. The largest absolute Gasteiger partial charge is 0.338 e. The topological polar surface area (TPSA) is 59.2 Å². The zero-order valence-electron chi connectivity index (χ0n) is 13.4. The van der Waals surface area contributed by atoms with Crippen LogP contribution in [-0.4, -0.2) is 27.5 Å². The lowest BCUT2D eigenvalue weighted by Gasteiger charge is -2.16. The fraction of sp³-hybridized carbons (Fsp3) is 0.211. The number of aromatic nitrogens is 2. The number of benzene rings is 2. The van der Waals surface area contributed by atoms with Crippen LogP contribution in [0.25, 0.3) is 11.5 Å². The molecule has 1 fully saturated rings. The van der Waals surface area contributed by atoms with Crippen molar-refractivity contribution >= 4 is 5.91 Å². The Morgan fingerprint density at radius 2 is 1.88 bits per heavy atom. The molecule has 6 heteroatoms. The minimum Gasteiger partial charge on any atom is -0.338 e. The average Bonchev–Trinajstić information content (AvgIpc) is 3.25. The smallest absolute Gasteiger partial charge is 0.257 e. The van der Waals surface area contributed by atoms with E-state index in [2.05, 4.69) is 10.1 Å². The van der Waals surface area contributed by atoms with Crippen molar-refractivity contribution in [2.24, 2.45) is 0 Å². The third-order valence-corrected chi connectivity index (χ3v) is 4.33. The van der Waals surface area contributed by atoms with E-state index in [1.165, 1.54) is 12.1 Å². The van der Waals surface area contributed by atoms with Gasteiger partial charge in [-0.3, -0.25) is 4.79 Å². The molecule has 4 rings (SSSR count). The molecule has 0 spiro atoms. The van der Waals surface area contributed by atoms with Crippen LogP contribution in [0.5, 0.6) is 0 Å². The summed E-state index contributed by atoms with van der Waals surface area (Å²) in [6.45, 7) is 0.989. The van der Waals surface area contributed by atoms with Crippen LogP contribution in [0, 0.1) is 5.82 Å². The fourth-order valence-electron chi connectivity index (χ4n) is 3.01. The summed E-state index contributed by atoms with van der Waals surface area (Å²) in [6, 6.07) is 15.7. The highest BCUT2D eigenvalue weighted by Gasteiger charge is 2.33. The number of amides is 1. The van der Waals surface area contributed by atoms with Crippen molar-refractivity contribution < 1.29 is 13.7 Å². The molecule has 1 unspecified atom stereocenters. The number of rotatable bonds is 4. The zero-order valence-corrected chi connectivity index (χ0v) is 13.4. The van der Waals surface area contributed by atoms with Crippen LogP contribution in [-0.2, 0) is 11.3 Å². The molecule has 1 amide bonds. The van der Waals surface area contributed by atoms with Gasteiger partial charge < -0.3 is 9.42 Å². The molecule has 1 aliphatic rings. The summed E-state index contributed by atoms with van der Waals surface area (Å²) < 4.78 is 18.3. The maximum Gasteiger partial charge on any atom is 0.257 e. The van der Waals surface area contributed by atoms with Crippen molar-refractivity contribution in [2.75, 3.05) is 6.54 Å². The fourth-order valence-corrected chi connectivity index (χ4v) is 3.01. The van der Waals surface area contributed by atoms with Gasteiger partial charge >= 0.3 is 0 Å². The first-order chi connectivity index (χ1) is 12.2. The molecule has 2 heterocycles. The van der Waals surface area contributed by atoms with E-state index in [0.29, 0.717) is 31.2 Å². The van der Waals surface area contributed by atoms with Crippen molar-refractivity contribution in [1.29, 1.82) is 0 Å². The molecule has 0 bridgehead atoms. The van der Waals surface area contributed by atoms with E-state index >= 15 is 0 Å². The summed E-state index contributed by atoms with van der Waals surface area (Å²) in [7, 11) is 0. The molecule has 5 nitrogen and oxygen atoms in total. The Hall–Kier alpha value is -3.02. The summed E-state index contributed by atoms with van der Waals surface area (Å²) in [5.74, 6) is 0.679. The van der Waals surface area contributed by atoms with E-state index in [1.54, 1.807) is 17.0 Å². The van der Waals surface area contributed by atoms with Crippen LogP contribution >= 0.6 is 0 Å². The van der Waals surface area contributed by atoms with Gasteiger partial charge in [0.2, 0.25) is 5.91 Å². The Labute approximate surface area is 144 Å². The van der Waals surface area contributed by atoms with Gasteiger partial charge in [0.1, 0.15) is 5.82 Å². The SMILES string of the molecule is O=C1CC(c2noc(-c3ccccc3)n2)CN1Cc1ccc(F)cc1. The summed E-state index contributed by atoms with van der Waals surface area (Å²) in [5, 5.41) is 4.05. The second kappa shape index (κ2) is 6.47. The third kappa shape index (κ3) is 3.28. The van der Waals surface area contributed by atoms with Gasteiger partial charge in [-0.1, -0.05) is 35.5 Å². The lowest BCUT2D eigenvalue weighted by atomic mass is 10.1. The van der Waals surface area contributed by atoms with E-state index in [1.807, 2.05) is 30.3 Å². The van der Waals surface area contributed by atoms with E-state index in [9.17, 15) is 9.18 Å². The van der Waals surface area contributed by atoms with Gasteiger partial charge in [-0.2, -0.15) is 4.98 Å². The molecule has 0 saturated carbocycles. The lowest BCUT2D eigenvalue weighted by molar-refractivity contribution is -0.128. The molecule has 0 radical (unpaired) electrons. The zero-order chi connectivity index (χ0) is 17.2. The second-order valence-corrected chi connectivity index (χ2v) is 6.13. The Morgan fingerprint density at radius 3 is 2.64 bits per heavy atom. The number of nitrogens with zero attached hydrogens (tertiary/aromatic N) is 3. The molecule has 1 saturated heterocycles. The van der Waals surface area contributed by atoms with Crippen LogP contribution in [0.4, 0.5) is 4.39 Å². The summed E-state index contributed by atoms with van der Waals surface area (Å²) in [6.07, 6.45) is 0.356. The van der Waals surface area contributed by atoms with Crippen LogP contribution in [0.3, 0.4) is 0 Å². The third-order valence-electron chi connectivity index (χ3n) is 4.33. The van der Waals surface area contributed by atoms with Crippen molar-refractivity contribution in [1.82, 2.24) is 15.0 Å². The molecule has 1 aromatic heterocycles. The first-order valence-corrected chi connectivity index (χ1v) is 8.10. The standard InChI is InChI=1S/C19H16FN3O2/c20-16-8-6-13(7-9-16)11-23-12-15(10-17(23)24)18-21-19(25-22-18)14-4-2-1-3-5-14/h1-9,15H,10-12H2. The molecule has 0 aliphatic carbocycles. The van der Waals surface area contributed by atoms with Crippen LogP contribution < -0.4 is 0 Å². The van der Waals surface area contributed by atoms with Crippen LogP contribution in [0.1, 0.15) is 23.7 Å². The van der Waals surface area contributed by atoms with E-state index in [0.717, 1.165) is 11.1 Å². The molecule has 3 aromatic rings. The Bertz CT molecular complexity index is 877. The number of carbonyl (C=O) groups excluding carboxylic acids is 1. The van der Waals surface area contributed by atoms with E-state index in [-0.39, 0.29) is 17.6 Å². The molecular formula is C19H16FN3O2. The van der Waals surface area contributed by atoms with E-state index in [4.69, 9.17) is 4.52 Å². The molecule has 25 heavy (non-hydrogen) atoms. The number of carbonyl (C=O) groups is 1. The van der Waals surface area contributed by atoms with Gasteiger partial charge in [0.15, 0.2) is 5.82 Å². The molecule has 1 aliphatic heterocycles. The minimum absolute atomic E-state index is 0.0420. The number of likely N-dealkylation sites (tertiary alicyclic amines) is 1. The lowest BCUT2D eigenvalue weighted by Crippen LogP contribution is -2.24. The monoisotopic (exact) mass is 337 g/mol. The highest BCUT2D eigenvalue weighted by atomic mass is 19.1. The summed E-state index contributed by atoms with van der Waals surface area (Å²) in [5.41, 5.74) is 1.75. The van der Waals surface area contributed by atoms with Gasteiger partial charge in [-0.15, -0.1) is 0 Å². The van der Waals surface area contributed by atoms with Crippen molar-refractivity contribution in [3.63, 3.8) is 0 Å². The van der Waals surface area contributed by atoms with Crippen molar-refractivity contribution in [3.8, 4) is 11.5 Å². The molecular weight excluding hydrogens is 321 g/mol. The summed E-state index contributed by atoms with van der Waals surface area (Å²) in [4.78, 5) is 18.5. The highest BCUT2D eigenvalue weighted by Crippen LogP contribution is 2.29. The minimum atomic E-state index is -0.283. The molecule has 126 valence electrons. The Balaban J connectivity index is 1.47. The maximum absolute atomic E-state index is 13.0. The van der Waals surface area contributed by atoms with Gasteiger partial charge in [0.25, 0.3) is 5.89 Å². The number of hydrogen-bond acceptors (Lipinski definition) is 4. The molecule has 2 aromatic carbocycles. The van der Waals surface area contributed by atoms with Crippen LogP contribution in [0.15, 0.2) is 59.1 Å². The van der Waals surface area contributed by atoms with Gasteiger partial charge in [0.05, 0.1) is 0 Å². The number of halogens is 1.